The van der Waals surface area contributed by atoms with E-state index in [1.165, 1.54) is 12.1 Å². The van der Waals surface area contributed by atoms with Crippen molar-refractivity contribution in [1.29, 1.82) is 0 Å². The van der Waals surface area contributed by atoms with Gasteiger partial charge in [-0.15, -0.1) is 0 Å². The van der Waals surface area contributed by atoms with Gasteiger partial charge in [0.25, 0.3) is 0 Å². The third-order valence-corrected chi connectivity index (χ3v) is 4.02. The first kappa shape index (κ1) is 15.2. The number of aryl methyl sites for hydroxylation is 1. The number of hydrogen-bond acceptors (Lipinski definition) is 3. The van der Waals surface area contributed by atoms with Gasteiger partial charge in [0.05, 0.1) is 0 Å². The Bertz CT molecular complexity index is 341. The van der Waals surface area contributed by atoms with Crippen LogP contribution in [0.15, 0.2) is 12.3 Å². The highest BCUT2D eigenvalue weighted by Crippen LogP contribution is 2.19. The van der Waals surface area contributed by atoms with Gasteiger partial charge in [-0.25, -0.2) is 0 Å². The van der Waals surface area contributed by atoms with Crippen molar-refractivity contribution in [1.82, 2.24) is 14.7 Å². The standard InChI is InChI=1S/C14H28N4/c1-5-10-18(14(3,6-2)12-15)11-8-13-7-9-16-17(13)4/h7,9H,5-6,8,10-12,15H2,1-4H3. The van der Waals surface area contributed by atoms with Gasteiger partial charge in [0.2, 0.25) is 0 Å². The van der Waals surface area contributed by atoms with Gasteiger partial charge in [-0.3, -0.25) is 9.58 Å². The van der Waals surface area contributed by atoms with Crippen LogP contribution in [0.25, 0.3) is 0 Å². The molecule has 1 aromatic heterocycles. The molecule has 1 unspecified atom stereocenters. The molecule has 4 heteroatoms. The third kappa shape index (κ3) is 3.56. The highest BCUT2D eigenvalue weighted by Gasteiger charge is 2.27. The van der Waals surface area contributed by atoms with E-state index in [2.05, 4.69) is 36.8 Å². The Morgan fingerprint density at radius 3 is 2.56 bits per heavy atom. The molecule has 104 valence electrons. The van der Waals surface area contributed by atoms with E-state index in [4.69, 9.17) is 5.73 Å². The van der Waals surface area contributed by atoms with Crippen molar-refractivity contribution in [3.05, 3.63) is 18.0 Å². The molecule has 1 rings (SSSR count). The van der Waals surface area contributed by atoms with E-state index in [0.29, 0.717) is 0 Å². The van der Waals surface area contributed by atoms with Crippen LogP contribution in [0.3, 0.4) is 0 Å². The van der Waals surface area contributed by atoms with E-state index in [1.807, 2.05) is 17.9 Å². The normalized spacial score (nSPS) is 15.0. The third-order valence-electron chi connectivity index (χ3n) is 4.02. The molecule has 0 spiro atoms. The van der Waals surface area contributed by atoms with Crippen LogP contribution in [0.5, 0.6) is 0 Å². The number of rotatable bonds is 8. The predicted octanol–water partition coefficient (Wildman–Crippen LogP) is 1.80. The van der Waals surface area contributed by atoms with Crippen LogP contribution in [0, 0.1) is 0 Å². The van der Waals surface area contributed by atoms with Crippen LogP contribution >= 0.6 is 0 Å². The summed E-state index contributed by atoms with van der Waals surface area (Å²) in [6.07, 6.45) is 5.16. The molecule has 0 saturated carbocycles. The van der Waals surface area contributed by atoms with Crippen LogP contribution in [0.2, 0.25) is 0 Å². The van der Waals surface area contributed by atoms with E-state index >= 15 is 0 Å². The lowest BCUT2D eigenvalue weighted by atomic mass is 9.95. The first-order valence-corrected chi connectivity index (χ1v) is 6.99. The maximum absolute atomic E-state index is 5.97. The van der Waals surface area contributed by atoms with Crippen LogP contribution in [-0.2, 0) is 13.5 Å². The van der Waals surface area contributed by atoms with Gasteiger partial charge in [0.1, 0.15) is 0 Å². The van der Waals surface area contributed by atoms with Gasteiger partial charge in [0.15, 0.2) is 0 Å². The van der Waals surface area contributed by atoms with E-state index in [1.54, 1.807) is 0 Å². The average Bonchev–Trinajstić information content (AvgIpc) is 2.79. The molecule has 1 atom stereocenters. The van der Waals surface area contributed by atoms with E-state index in [-0.39, 0.29) is 5.54 Å². The van der Waals surface area contributed by atoms with Crippen LogP contribution in [0.4, 0.5) is 0 Å². The zero-order valence-electron chi connectivity index (χ0n) is 12.3. The van der Waals surface area contributed by atoms with Crippen molar-refractivity contribution in [2.24, 2.45) is 12.8 Å². The van der Waals surface area contributed by atoms with E-state index in [9.17, 15) is 0 Å². The van der Waals surface area contributed by atoms with Crippen molar-refractivity contribution in [2.75, 3.05) is 19.6 Å². The topological polar surface area (TPSA) is 47.1 Å². The van der Waals surface area contributed by atoms with Gasteiger partial charge < -0.3 is 5.73 Å². The number of nitrogens with zero attached hydrogens (tertiary/aromatic N) is 3. The Morgan fingerprint density at radius 2 is 2.11 bits per heavy atom. The molecule has 0 fully saturated rings. The second-order valence-corrected chi connectivity index (χ2v) is 5.24. The van der Waals surface area contributed by atoms with Crippen molar-refractivity contribution >= 4 is 0 Å². The molecule has 1 aromatic rings. The summed E-state index contributed by atoms with van der Waals surface area (Å²) in [5.74, 6) is 0. The summed E-state index contributed by atoms with van der Waals surface area (Å²) in [7, 11) is 2.00. The number of hydrogen-bond donors (Lipinski definition) is 1. The maximum atomic E-state index is 5.97. The molecule has 0 aliphatic carbocycles. The summed E-state index contributed by atoms with van der Waals surface area (Å²) < 4.78 is 1.95. The summed E-state index contributed by atoms with van der Waals surface area (Å²) in [5, 5.41) is 4.22. The fraction of sp³-hybridized carbons (Fsp3) is 0.786. The molecule has 0 aliphatic rings. The minimum atomic E-state index is 0.120. The molecule has 4 nitrogen and oxygen atoms in total. The Kier molecular flexibility index (Phi) is 5.82. The zero-order valence-corrected chi connectivity index (χ0v) is 12.3. The van der Waals surface area contributed by atoms with Crippen molar-refractivity contribution < 1.29 is 0 Å². The van der Waals surface area contributed by atoms with Gasteiger partial charge in [-0.2, -0.15) is 5.10 Å². The second kappa shape index (κ2) is 6.90. The summed E-state index contributed by atoms with van der Waals surface area (Å²) in [4.78, 5) is 2.53. The largest absolute Gasteiger partial charge is 0.329 e. The molecule has 0 bridgehead atoms. The van der Waals surface area contributed by atoms with Crippen LogP contribution in [0.1, 0.15) is 39.3 Å². The Balaban J connectivity index is 2.66. The van der Waals surface area contributed by atoms with Gasteiger partial charge in [-0.1, -0.05) is 13.8 Å². The van der Waals surface area contributed by atoms with Crippen molar-refractivity contribution in [3.63, 3.8) is 0 Å². The fourth-order valence-corrected chi connectivity index (χ4v) is 2.31. The monoisotopic (exact) mass is 252 g/mol. The minimum Gasteiger partial charge on any atom is -0.329 e. The Hall–Kier alpha value is -0.870. The summed E-state index contributed by atoms with van der Waals surface area (Å²) in [6, 6.07) is 2.09. The Morgan fingerprint density at radius 1 is 1.39 bits per heavy atom. The first-order valence-electron chi connectivity index (χ1n) is 6.99. The lowest BCUT2D eigenvalue weighted by Crippen LogP contribution is -2.52. The molecule has 0 amide bonds. The molecule has 0 aliphatic heterocycles. The molecule has 2 N–H and O–H groups in total. The second-order valence-electron chi connectivity index (χ2n) is 5.24. The van der Waals surface area contributed by atoms with Crippen molar-refractivity contribution in [2.45, 2.75) is 45.6 Å². The summed E-state index contributed by atoms with van der Waals surface area (Å²) >= 11 is 0. The summed E-state index contributed by atoms with van der Waals surface area (Å²) in [6.45, 7) is 9.60. The summed E-state index contributed by atoms with van der Waals surface area (Å²) in [5.41, 5.74) is 7.37. The van der Waals surface area contributed by atoms with E-state index < -0.39 is 0 Å². The molecule has 18 heavy (non-hydrogen) atoms. The molecule has 1 heterocycles. The zero-order chi connectivity index (χ0) is 13.6. The predicted molar refractivity (Wildman–Crippen MR) is 76.5 cm³/mol. The SMILES string of the molecule is CCCN(CCc1ccnn1C)C(C)(CC)CN. The van der Waals surface area contributed by atoms with Crippen LogP contribution < -0.4 is 5.73 Å². The smallest absolute Gasteiger partial charge is 0.0492 e. The lowest BCUT2D eigenvalue weighted by molar-refractivity contribution is 0.106. The van der Waals surface area contributed by atoms with Gasteiger partial charge >= 0.3 is 0 Å². The highest BCUT2D eigenvalue weighted by molar-refractivity contribution is 5.01. The van der Waals surface area contributed by atoms with Crippen molar-refractivity contribution in [3.8, 4) is 0 Å². The highest BCUT2D eigenvalue weighted by atomic mass is 15.3. The first-order chi connectivity index (χ1) is 8.57. The Labute approximate surface area is 111 Å². The number of nitrogens with two attached hydrogens (primary N) is 1. The number of aromatic nitrogens is 2. The molecule has 0 radical (unpaired) electrons. The maximum Gasteiger partial charge on any atom is 0.0492 e. The van der Waals surface area contributed by atoms with Crippen LogP contribution in [-0.4, -0.2) is 39.9 Å². The quantitative estimate of drug-likeness (QED) is 0.767. The van der Waals surface area contributed by atoms with Gasteiger partial charge in [0, 0.05) is 44.0 Å². The van der Waals surface area contributed by atoms with E-state index in [0.717, 1.165) is 32.5 Å². The molecule has 0 saturated heterocycles. The molecule has 0 aromatic carbocycles. The average molecular weight is 252 g/mol. The minimum absolute atomic E-state index is 0.120. The van der Waals surface area contributed by atoms with Gasteiger partial charge in [-0.05, 0) is 32.4 Å². The molecular formula is C14H28N4. The lowest BCUT2D eigenvalue weighted by Gasteiger charge is -2.40. The fourth-order valence-electron chi connectivity index (χ4n) is 2.31. The molecular weight excluding hydrogens is 224 g/mol.